The van der Waals surface area contributed by atoms with Gasteiger partial charge in [0.25, 0.3) is 0 Å². The molecule has 0 atom stereocenters. The Morgan fingerprint density at radius 3 is 2.09 bits per heavy atom. The normalized spacial score (nSPS) is 17.9. The molecule has 0 aromatic rings. The average molecular weight is 229 g/mol. The van der Waals surface area contributed by atoms with Crippen molar-refractivity contribution >= 4 is 5.78 Å². The fraction of sp³-hybridized carbons (Fsp3) is 0.667. The van der Waals surface area contributed by atoms with Crippen molar-refractivity contribution in [1.29, 1.82) is 0 Å². The first-order valence-corrected chi connectivity index (χ1v) is 3.63. The van der Waals surface area contributed by atoms with Crippen molar-refractivity contribution in [3.63, 3.8) is 0 Å². The Labute approximate surface area is 95.2 Å². The number of carbonyl (C=O) groups excluding carboxylic acids is 1. The van der Waals surface area contributed by atoms with Crippen LogP contribution < -0.4 is 0 Å². The van der Waals surface area contributed by atoms with Crippen LogP contribution in [0.5, 0.6) is 0 Å². The molecule has 0 aliphatic heterocycles. The van der Waals surface area contributed by atoms with Crippen molar-refractivity contribution in [2.45, 2.75) is 32.6 Å². The summed E-state index contributed by atoms with van der Waals surface area (Å²) in [5.41, 5.74) is 0. The Bertz CT molecular complexity index is 106. The van der Waals surface area contributed by atoms with Crippen molar-refractivity contribution in [2.75, 3.05) is 0 Å². The summed E-state index contributed by atoms with van der Waals surface area (Å²) in [4.78, 5) is 10.8. The van der Waals surface area contributed by atoms with Gasteiger partial charge in [-0.05, 0) is 6.92 Å². The molecule has 0 saturated heterocycles. The zero-order chi connectivity index (χ0) is 6.69. The molecule has 11 heavy (non-hydrogen) atoms. The molecule has 0 heterocycles. The van der Waals surface area contributed by atoms with Gasteiger partial charge in [-0.15, -0.1) is 0 Å². The minimum Gasteiger partial charge on any atom is -0.358 e. The molecule has 0 aromatic carbocycles. The topological polar surface area (TPSA) is 17.1 Å². The molecule has 0 N–H and O–H groups in total. The molecule has 1 radical (unpaired) electrons. The summed E-state index contributed by atoms with van der Waals surface area (Å²) in [5.74, 6) is 0.762. The van der Waals surface area contributed by atoms with Crippen LogP contribution in [0.1, 0.15) is 32.6 Å². The second-order valence-electron chi connectivity index (χ2n) is 2.75. The summed E-state index contributed by atoms with van der Waals surface area (Å²) in [7, 11) is 0. The molecule has 0 aromatic heterocycles. The van der Waals surface area contributed by atoms with E-state index >= 15 is 0 Å². The molecule has 2 heteroatoms. The van der Waals surface area contributed by atoms with Gasteiger partial charge in [0.2, 0.25) is 0 Å². The summed E-state index contributed by atoms with van der Waals surface area (Å²) in [6, 6.07) is 0. The number of rotatable bonds is 1. The molecule has 1 rings (SSSR count). The summed E-state index contributed by atoms with van der Waals surface area (Å²) >= 11 is 0. The van der Waals surface area contributed by atoms with E-state index in [0.717, 1.165) is 25.7 Å². The van der Waals surface area contributed by atoms with Crippen LogP contribution in [0.4, 0.5) is 0 Å². The predicted molar refractivity (Wildman–Crippen MR) is 43.4 cm³/mol. The molecule has 0 spiro atoms. The van der Waals surface area contributed by atoms with Gasteiger partial charge in [0.1, 0.15) is 5.78 Å². The van der Waals surface area contributed by atoms with E-state index in [4.69, 9.17) is 0 Å². The molecular formula is C9H16OY-2. The van der Waals surface area contributed by atoms with Gasteiger partial charge in [0.15, 0.2) is 0 Å². The molecule has 1 aliphatic carbocycles. The van der Waals surface area contributed by atoms with Crippen LogP contribution in [0.3, 0.4) is 0 Å². The third-order valence-corrected chi connectivity index (χ3v) is 2.01. The van der Waals surface area contributed by atoms with Crippen molar-refractivity contribution in [1.82, 2.24) is 0 Å². The Morgan fingerprint density at radius 1 is 1.36 bits per heavy atom. The van der Waals surface area contributed by atoms with Crippen molar-refractivity contribution < 1.29 is 37.5 Å². The van der Waals surface area contributed by atoms with E-state index in [9.17, 15) is 4.79 Å². The van der Waals surface area contributed by atoms with Gasteiger partial charge in [0.05, 0.1) is 0 Å². The number of hydrogen-bond donors (Lipinski definition) is 0. The molecular weight excluding hydrogens is 213 g/mol. The van der Waals surface area contributed by atoms with Crippen LogP contribution >= 0.6 is 0 Å². The van der Waals surface area contributed by atoms with Gasteiger partial charge in [-0.2, -0.15) is 12.8 Å². The number of Topliss-reactive ketones (excluding diaryl/α,β-unsaturated/α-hetero) is 1. The third-order valence-electron chi connectivity index (χ3n) is 2.01. The Kier molecular flexibility index (Phi) is 9.66. The van der Waals surface area contributed by atoms with Crippen LogP contribution in [-0.4, -0.2) is 5.78 Å². The maximum Gasteiger partial charge on any atom is 0.132 e. The molecule has 1 fully saturated rings. The second kappa shape index (κ2) is 7.42. The molecule has 0 amide bonds. The van der Waals surface area contributed by atoms with Gasteiger partial charge in [-0.3, -0.25) is 4.79 Å². The number of ketones is 1. The SMILES string of the molecule is CC(=O)C1CC[CH-]CC1.[CH3-].[Y]. The van der Waals surface area contributed by atoms with Gasteiger partial charge in [0, 0.05) is 38.6 Å². The van der Waals surface area contributed by atoms with E-state index in [1.807, 2.05) is 0 Å². The van der Waals surface area contributed by atoms with E-state index in [1.165, 1.54) is 0 Å². The number of hydrogen-bond acceptors (Lipinski definition) is 1. The zero-order valence-electron chi connectivity index (χ0n) is 7.47. The van der Waals surface area contributed by atoms with Crippen molar-refractivity contribution in [3.8, 4) is 0 Å². The Balaban J connectivity index is 0. The fourth-order valence-electron chi connectivity index (χ4n) is 1.33. The molecule has 1 nitrogen and oxygen atoms in total. The smallest absolute Gasteiger partial charge is 0.132 e. The first-order valence-electron chi connectivity index (χ1n) is 3.63. The van der Waals surface area contributed by atoms with Gasteiger partial charge in [-0.1, -0.05) is 12.8 Å². The predicted octanol–water partition coefficient (Wildman–Crippen LogP) is 2.42. The Hall–Kier alpha value is 0.774. The third kappa shape index (κ3) is 5.08. The maximum absolute atomic E-state index is 10.8. The fourth-order valence-corrected chi connectivity index (χ4v) is 1.33. The average Bonchev–Trinajstić information content (AvgIpc) is 1.90. The molecule has 63 valence electrons. The van der Waals surface area contributed by atoms with E-state index in [2.05, 4.69) is 6.42 Å². The molecule has 0 unspecified atom stereocenters. The molecule has 0 bridgehead atoms. The van der Waals surface area contributed by atoms with Crippen molar-refractivity contribution in [3.05, 3.63) is 13.8 Å². The van der Waals surface area contributed by atoms with E-state index in [0.29, 0.717) is 11.7 Å². The quantitative estimate of drug-likeness (QED) is 0.631. The summed E-state index contributed by atoms with van der Waals surface area (Å²) < 4.78 is 0. The van der Waals surface area contributed by atoms with E-state index in [-0.39, 0.29) is 40.1 Å². The standard InChI is InChI=1S/C8H13O.CH3.Y/c1-7(9)8-5-3-2-4-6-8;;/h2,8H,3-6H2,1H3;1H3;/q2*-1;. The molecule has 1 saturated carbocycles. The molecule has 1 aliphatic rings. The first-order chi connectivity index (χ1) is 4.30. The summed E-state index contributed by atoms with van der Waals surface area (Å²) in [5, 5.41) is 0. The first kappa shape index (κ1) is 14.3. The minimum absolute atomic E-state index is 0. The van der Waals surface area contributed by atoms with Crippen LogP contribution in [0.15, 0.2) is 0 Å². The number of carbonyl (C=O) groups is 1. The summed E-state index contributed by atoms with van der Waals surface area (Å²) in [6.07, 6.45) is 6.75. The van der Waals surface area contributed by atoms with E-state index in [1.54, 1.807) is 6.92 Å². The van der Waals surface area contributed by atoms with Gasteiger partial charge < -0.3 is 13.8 Å². The largest absolute Gasteiger partial charge is 0.358 e. The van der Waals surface area contributed by atoms with Gasteiger partial charge in [-0.25, -0.2) is 0 Å². The van der Waals surface area contributed by atoms with Gasteiger partial charge >= 0.3 is 0 Å². The van der Waals surface area contributed by atoms with Crippen LogP contribution in [0.25, 0.3) is 0 Å². The van der Waals surface area contributed by atoms with Crippen LogP contribution in [0.2, 0.25) is 0 Å². The zero-order valence-corrected chi connectivity index (χ0v) is 10.3. The minimum atomic E-state index is 0. The van der Waals surface area contributed by atoms with E-state index < -0.39 is 0 Å². The van der Waals surface area contributed by atoms with Crippen LogP contribution in [0, 0.1) is 19.8 Å². The van der Waals surface area contributed by atoms with Crippen molar-refractivity contribution in [2.24, 2.45) is 5.92 Å². The summed E-state index contributed by atoms with van der Waals surface area (Å²) in [6.45, 7) is 1.70. The monoisotopic (exact) mass is 229 g/mol. The second-order valence-corrected chi connectivity index (χ2v) is 2.75. The Morgan fingerprint density at radius 2 is 1.82 bits per heavy atom. The van der Waals surface area contributed by atoms with Crippen LogP contribution in [-0.2, 0) is 37.5 Å². The maximum atomic E-state index is 10.8.